The molecule has 2 unspecified atom stereocenters. The number of hydrogen-bond acceptors (Lipinski definition) is 3. The third-order valence-corrected chi connectivity index (χ3v) is 3.70. The minimum Gasteiger partial charge on any atom is -0.467 e. The average molecular weight is 304 g/mol. The van der Waals surface area contributed by atoms with Gasteiger partial charge >= 0.3 is 5.97 Å². The molecule has 0 spiro atoms. The number of methoxy groups -OCH3 is 1. The predicted molar refractivity (Wildman–Crippen MR) is 85.7 cm³/mol. The molecule has 0 heterocycles. The largest absolute Gasteiger partial charge is 0.467 e. The Morgan fingerprint density at radius 2 is 1.71 bits per heavy atom. The van der Waals surface area contributed by atoms with Gasteiger partial charge in [0.1, 0.15) is 6.04 Å². The second-order valence-corrected chi connectivity index (χ2v) is 5.29. The van der Waals surface area contributed by atoms with Crippen molar-refractivity contribution in [3.8, 4) is 0 Å². The van der Waals surface area contributed by atoms with Crippen LogP contribution in [0.4, 0.5) is 5.69 Å². The first kappa shape index (κ1) is 15.4. The fourth-order valence-corrected chi connectivity index (χ4v) is 2.32. The van der Waals surface area contributed by atoms with Crippen LogP contribution in [0.15, 0.2) is 54.6 Å². The first-order valence-corrected chi connectivity index (χ1v) is 7.14. The summed E-state index contributed by atoms with van der Waals surface area (Å²) >= 11 is 5.88. The van der Waals surface area contributed by atoms with Crippen molar-refractivity contribution in [3.63, 3.8) is 0 Å². The van der Waals surface area contributed by atoms with Crippen LogP contribution in [0.25, 0.3) is 0 Å². The maximum atomic E-state index is 12.1. The molecule has 0 radical (unpaired) electrons. The molecule has 0 aliphatic heterocycles. The monoisotopic (exact) mass is 303 g/mol. The Kier molecular flexibility index (Phi) is 5.23. The molecule has 0 aromatic heterocycles. The molecule has 3 nitrogen and oxygen atoms in total. The Morgan fingerprint density at radius 3 is 2.29 bits per heavy atom. The van der Waals surface area contributed by atoms with Crippen molar-refractivity contribution in [3.05, 3.63) is 65.2 Å². The lowest BCUT2D eigenvalue weighted by molar-refractivity contribution is -0.142. The van der Waals surface area contributed by atoms with Crippen LogP contribution in [0.2, 0.25) is 5.02 Å². The molecule has 2 atom stereocenters. The summed E-state index contributed by atoms with van der Waals surface area (Å²) < 4.78 is 4.92. The number of carbonyl (C=O) groups excluding carboxylic acids is 1. The van der Waals surface area contributed by atoms with Crippen molar-refractivity contribution >= 4 is 23.3 Å². The van der Waals surface area contributed by atoms with Crippen molar-refractivity contribution in [2.24, 2.45) is 0 Å². The molecule has 0 fully saturated rings. The van der Waals surface area contributed by atoms with Crippen molar-refractivity contribution in [1.29, 1.82) is 0 Å². The number of esters is 1. The standard InChI is InChI=1S/C17H18ClNO2/c1-12(13-6-4-3-5-7-13)16(17(20)21-2)19-15-10-8-14(18)9-11-15/h3-12,16,19H,1-2H3. The molecule has 0 aliphatic rings. The Balaban J connectivity index is 2.22. The summed E-state index contributed by atoms with van der Waals surface area (Å²) in [5.41, 5.74) is 1.91. The van der Waals surface area contributed by atoms with E-state index in [-0.39, 0.29) is 11.9 Å². The van der Waals surface area contributed by atoms with Crippen LogP contribution in [-0.4, -0.2) is 19.1 Å². The Morgan fingerprint density at radius 1 is 1.10 bits per heavy atom. The second kappa shape index (κ2) is 7.14. The zero-order valence-corrected chi connectivity index (χ0v) is 12.8. The van der Waals surface area contributed by atoms with Gasteiger partial charge < -0.3 is 10.1 Å². The molecule has 0 amide bonds. The zero-order chi connectivity index (χ0) is 15.2. The van der Waals surface area contributed by atoms with Gasteiger partial charge in [-0.15, -0.1) is 0 Å². The van der Waals surface area contributed by atoms with Gasteiger partial charge in [0, 0.05) is 16.6 Å². The van der Waals surface area contributed by atoms with Gasteiger partial charge in [0.15, 0.2) is 0 Å². The van der Waals surface area contributed by atoms with E-state index in [1.165, 1.54) is 7.11 Å². The van der Waals surface area contributed by atoms with Gasteiger partial charge in [0.05, 0.1) is 7.11 Å². The lowest BCUT2D eigenvalue weighted by Crippen LogP contribution is -2.35. The van der Waals surface area contributed by atoms with Crippen LogP contribution >= 0.6 is 11.6 Å². The van der Waals surface area contributed by atoms with Gasteiger partial charge in [-0.3, -0.25) is 0 Å². The summed E-state index contributed by atoms with van der Waals surface area (Å²) in [6.07, 6.45) is 0. The lowest BCUT2D eigenvalue weighted by Gasteiger charge is -2.24. The highest BCUT2D eigenvalue weighted by Crippen LogP contribution is 2.24. The average Bonchev–Trinajstić information content (AvgIpc) is 2.54. The molecule has 21 heavy (non-hydrogen) atoms. The minimum atomic E-state index is -0.460. The Labute approximate surface area is 129 Å². The summed E-state index contributed by atoms with van der Waals surface area (Å²) in [4.78, 5) is 12.1. The lowest BCUT2D eigenvalue weighted by atomic mass is 9.93. The first-order chi connectivity index (χ1) is 10.1. The molecular weight excluding hydrogens is 286 g/mol. The molecule has 0 saturated heterocycles. The van der Waals surface area contributed by atoms with Crippen molar-refractivity contribution < 1.29 is 9.53 Å². The summed E-state index contributed by atoms with van der Waals surface area (Å²) in [6.45, 7) is 2.00. The summed E-state index contributed by atoms with van der Waals surface area (Å²) in [7, 11) is 1.40. The van der Waals surface area contributed by atoms with Crippen molar-refractivity contribution in [1.82, 2.24) is 0 Å². The normalized spacial score (nSPS) is 13.3. The number of nitrogens with one attached hydrogen (secondary N) is 1. The van der Waals surface area contributed by atoms with E-state index in [0.717, 1.165) is 11.3 Å². The van der Waals surface area contributed by atoms with Gasteiger partial charge in [0.2, 0.25) is 0 Å². The van der Waals surface area contributed by atoms with E-state index in [0.29, 0.717) is 5.02 Å². The molecule has 110 valence electrons. The number of hydrogen-bond donors (Lipinski definition) is 1. The van der Waals surface area contributed by atoms with Gasteiger partial charge in [-0.2, -0.15) is 0 Å². The number of ether oxygens (including phenoxy) is 1. The van der Waals surface area contributed by atoms with Gasteiger partial charge in [-0.25, -0.2) is 4.79 Å². The van der Waals surface area contributed by atoms with E-state index in [4.69, 9.17) is 16.3 Å². The van der Waals surface area contributed by atoms with E-state index in [1.54, 1.807) is 12.1 Å². The van der Waals surface area contributed by atoms with Crippen LogP contribution in [0.5, 0.6) is 0 Å². The fraction of sp³-hybridized carbons (Fsp3) is 0.235. The maximum absolute atomic E-state index is 12.1. The topological polar surface area (TPSA) is 38.3 Å². The highest BCUT2D eigenvalue weighted by Gasteiger charge is 2.27. The highest BCUT2D eigenvalue weighted by molar-refractivity contribution is 6.30. The van der Waals surface area contributed by atoms with E-state index in [9.17, 15) is 4.79 Å². The van der Waals surface area contributed by atoms with E-state index in [2.05, 4.69) is 5.32 Å². The van der Waals surface area contributed by atoms with Gasteiger partial charge in [-0.05, 0) is 29.8 Å². The molecule has 1 N–H and O–H groups in total. The molecular formula is C17H18ClNO2. The Hall–Kier alpha value is -2.00. The number of carbonyl (C=O) groups is 1. The first-order valence-electron chi connectivity index (χ1n) is 6.76. The third kappa shape index (κ3) is 3.99. The number of halogens is 1. The molecule has 2 rings (SSSR count). The molecule has 2 aromatic rings. The molecule has 0 aliphatic carbocycles. The van der Waals surface area contributed by atoms with E-state index >= 15 is 0 Å². The number of benzene rings is 2. The second-order valence-electron chi connectivity index (χ2n) is 4.85. The minimum absolute atomic E-state index is 0.0191. The fourth-order valence-electron chi connectivity index (χ4n) is 2.19. The van der Waals surface area contributed by atoms with Crippen LogP contribution in [-0.2, 0) is 9.53 Å². The van der Waals surface area contributed by atoms with Gasteiger partial charge in [-0.1, -0.05) is 48.9 Å². The third-order valence-electron chi connectivity index (χ3n) is 3.45. The SMILES string of the molecule is COC(=O)C(Nc1ccc(Cl)cc1)C(C)c1ccccc1. The Bertz CT molecular complexity index is 583. The van der Waals surface area contributed by atoms with Crippen molar-refractivity contribution in [2.45, 2.75) is 18.9 Å². The molecule has 0 saturated carbocycles. The van der Waals surface area contributed by atoms with Crippen molar-refractivity contribution in [2.75, 3.05) is 12.4 Å². The van der Waals surface area contributed by atoms with Crippen LogP contribution < -0.4 is 5.32 Å². The van der Waals surface area contributed by atoms with E-state index < -0.39 is 6.04 Å². The summed E-state index contributed by atoms with van der Waals surface area (Å²) in [5, 5.41) is 3.88. The molecule has 4 heteroatoms. The van der Waals surface area contributed by atoms with Gasteiger partial charge in [0.25, 0.3) is 0 Å². The predicted octanol–water partition coefficient (Wildman–Crippen LogP) is 4.10. The summed E-state index contributed by atoms with van der Waals surface area (Å²) in [6, 6.07) is 16.7. The molecule has 0 bridgehead atoms. The zero-order valence-electron chi connectivity index (χ0n) is 12.0. The van der Waals surface area contributed by atoms with Crippen LogP contribution in [0.1, 0.15) is 18.4 Å². The molecule has 2 aromatic carbocycles. The number of anilines is 1. The highest BCUT2D eigenvalue weighted by atomic mass is 35.5. The maximum Gasteiger partial charge on any atom is 0.328 e. The summed E-state index contributed by atoms with van der Waals surface area (Å²) in [5.74, 6) is -0.310. The van der Waals surface area contributed by atoms with Crippen LogP contribution in [0.3, 0.4) is 0 Å². The number of rotatable bonds is 5. The quantitative estimate of drug-likeness (QED) is 0.845. The smallest absolute Gasteiger partial charge is 0.328 e. The van der Waals surface area contributed by atoms with E-state index in [1.807, 2.05) is 49.4 Å². The van der Waals surface area contributed by atoms with Crippen LogP contribution in [0, 0.1) is 0 Å².